The first-order chi connectivity index (χ1) is 15.8. The first-order valence-corrected chi connectivity index (χ1v) is 10.7. The van der Waals surface area contributed by atoms with Crippen molar-refractivity contribution in [1.29, 1.82) is 0 Å². The lowest BCUT2D eigenvalue weighted by atomic mass is 9.86. The molecule has 1 aliphatic rings. The van der Waals surface area contributed by atoms with Crippen molar-refractivity contribution in [2.24, 2.45) is 0 Å². The normalized spacial score (nSPS) is 17.0. The van der Waals surface area contributed by atoms with Gasteiger partial charge in [-0.3, -0.25) is 24.5 Å². The summed E-state index contributed by atoms with van der Waals surface area (Å²) in [5.74, 6) is -0.610. The van der Waals surface area contributed by atoms with Gasteiger partial charge in [0, 0.05) is 22.4 Å². The number of amides is 1. The Morgan fingerprint density at radius 2 is 1.45 bits per heavy atom. The fourth-order valence-electron chi connectivity index (χ4n) is 4.04. The topological polar surface area (TPSA) is 92.3 Å². The van der Waals surface area contributed by atoms with Crippen LogP contribution >= 0.6 is 0 Å². The van der Waals surface area contributed by atoms with Crippen LogP contribution in [0.25, 0.3) is 0 Å². The molecule has 2 N–H and O–H groups in total. The van der Waals surface area contributed by atoms with Gasteiger partial charge in [-0.2, -0.15) is 0 Å². The smallest absolute Gasteiger partial charge is 0.241 e. The third kappa shape index (κ3) is 4.81. The first kappa shape index (κ1) is 22.3. The van der Waals surface area contributed by atoms with Crippen molar-refractivity contribution in [2.75, 3.05) is 5.32 Å². The molecular weight excluding hydrogens is 416 g/mol. The molecule has 1 unspecified atom stereocenters. The van der Waals surface area contributed by atoms with Gasteiger partial charge in [0.05, 0.1) is 12.1 Å². The van der Waals surface area contributed by atoms with E-state index in [4.69, 9.17) is 0 Å². The third-order valence-corrected chi connectivity index (χ3v) is 5.85. The second kappa shape index (κ2) is 9.30. The van der Waals surface area contributed by atoms with Crippen LogP contribution in [0.1, 0.15) is 62.1 Å². The van der Waals surface area contributed by atoms with Gasteiger partial charge >= 0.3 is 0 Å². The van der Waals surface area contributed by atoms with E-state index in [1.54, 1.807) is 48.5 Å². The van der Waals surface area contributed by atoms with Crippen molar-refractivity contribution < 1.29 is 19.2 Å². The Hall–Kier alpha value is -3.90. The predicted molar refractivity (Wildman–Crippen MR) is 126 cm³/mol. The van der Waals surface area contributed by atoms with Gasteiger partial charge in [-0.05, 0) is 43.5 Å². The van der Waals surface area contributed by atoms with Crippen molar-refractivity contribution in [3.63, 3.8) is 0 Å². The average molecular weight is 440 g/mol. The average Bonchev–Trinajstić information content (AvgIpc) is 2.83. The number of carbonyl (C=O) groups is 4. The molecule has 166 valence electrons. The number of hydrogen-bond donors (Lipinski definition) is 2. The maximum atomic E-state index is 13.4. The summed E-state index contributed by atoms with van der Waals surface area (Å²) in [5.41, 5.74) is 3.79. The second-order valence-corrected chi connectivity index (χ2v) is 8.18. The quantitative estimate of drug-likeness (QED) is 0.562. The predicted octanol–water partition coefficient (Wildman–Crippen LogP) is 4.17. The summed E-state index contributed by atoms with van der Waals surface area (Å²) in [6, 6.07) is 19.6. The minimum absolute atomic E-state index is 0.0688. The number of fused-ring (bicyclic) bond motifs is 1. The fourth-order valence-corrected chi connectivity index (χ4v) is 4.04. The molecule has 6 nitrogen and oxygen atoms in total. The van der Waals surface area contributed by atoms with E-state index in [0.29, 0.717) is 28.8 Å². The van der Waals surface area contributed by atoms with Crippen LogP contribution in [-0.2, 0) is 11.2 Å². The molecule has 6 heteroatoms. The second-order valence-electron chi connectivity index (χ2n) is 8.18. The highest BCUT2D eigenvalue weighted by atomic mass is 16.2. The molecule has 0 aliphatic carbocycles. The highest BCUT2D eigenvalue weighted by Gasteiger charge is 2.34. The Labute approximate surface area is 192 Å². The van der Waals surface area contributed by atoms with Crippen LogP contribution in [0.3, 0.4) is 0 Å². The molecule has 2 atom stereocenters. The van der Waals surface area contributed by atoms with Crippen LogP contribution in [0, 0.1) is 0 Å². The SMILES string of the molecule is CC(=O)c1ccc(C(=O)[C@H]2NC(C(=O)Nc3cccc(C(C)=O)c3)Cc3ccccc32)cc1. The molecule has 0 radical (unpaired) electrons. The van der Waals surface area contributed by atoms with Crippen LogP contribution in [0.5, 0.6) is 0 Å². The Morgan fingerprint density at radius 1 is 0.788 bits per heavy atom. The molecule has 4 rings (SSSR count). The van der Waals surface area contributed by atoms with Crippen molar-refractivity contribution in [3.8, 4) is 0 Å². The van der Waals surface area contributed by atoms with E-state index >= 15 is 0 Å². The molecule has 3 aromatic rings. The minimum atomic E-state index is -0.697. The van der Waals surface area contributed by atoms with Gasteiger partial charge in [-0.15, -0.1) is 0 Å². The van der Waals surface area contributed by atoms with E-state index in [2.05, 4.69) is 10.6 Å². The molecule has 3 aromatic carbocycles. The van der Waals surface area contributed by atoms with Gasteiger partial charge in [0.25, 0.3) is 0 Å². The van der Waals surface area contributed by atoms with E-state index in [1.165, 1.54) is 13.8 Å². The van der Waals surface area contributed by atoms with E-state index in [9.17, 15) is 19.2 Å². The Kier molecular flexibility index (Phi) is 6.29. The zero-order valence-corrected chi connectivity index (χ0v) is 18.4. The zero-order chi connectivity index (χ0) is 23.5. The van der Waals surface area contributed by atoms with Gasteiger partial charge in [-0.25, -0.2) is 0 Å². The lowest BCUT2D eigenvalue weighted by molar-refractivity contribution is -0.118. The molecular formula is C27H24N2O4. The summed E-state index contributed by atoms with van der Waals surface area (Å²) in [5, 5.41) is 6.06. The summed E-state index contributed by atoms with van der Waals surface area (Å²) in [7, 11) is 0. The van der Waals surface area contributed by atoms with E-state index in [0.717, 1.165) is 11.1 Å². The van der Waals surface area contributed by atoms with Crippen molar-refractivity contribution >= 4 is 28.9 Å². The van der Waals surface area contributed by atoms with Crippen molar-refractivity contribution in [3.05, 3.63) is 101 Å². The van der Waals surface area contributed by atoms with Crippen LogP contribution in [0.15, 0.2) is 72.8 Å². The van der Waals surface area contributed by atoms with E-state index in [1.807, 2.05) is 24.3 Å². The van der Waals surface area contributed by atoms with E-state index < -0.39 is 12.1 Å². The summed E-state index contributed by atoms with van der Waals surface area (Å²) in [6.07, 6.45) is 0.432. The highest BCUT2D eigenvalue weighted by molar-refractivity contribution is 6.04. The van der Waals surface area contributed by atoms with Crippen LogP contribution < -0.4 is 10.6 Å². The largest absolute Gasteiger partial charge is 0.325 e. The number of anilines is 1. The summed E-state index contributed by atoms with van der Waals surface area (Å²) in [4.78, 5) is 49.7. The number of Topliss-reactive ketones (excluding diaryl/α,β-unsaturated/α-hetero) is 3. The zero-order valence-electron chi connectivity index (χ0n) is 18.4. The van der Waals surface area contributed by atoms with Gasteiger partial charge in [0.15, 0.2) is 17.3 Å². The Morgan fingerprint density at radius 3 is 2.15 bits per heavy atom. The molecule has 1 aliphatic heterocycles. The summed E-state index contributed by atoms with van der Waals surface area (Å²) >= 11 is 0. The monoisotopic (exact) mass is 440 g/mol. The van der Waals surface area contributed by atoms with Crippen LogP contribution in [-0.4, -0.2) is 29.3 Å². The fraction of sp³-hybridized carbons (Fsp3) is 0.185. The number of benzene rings is 3. The van der Waals surface area contributed by atoms with Crippen LogP contribution in [0.2, 0.25) is 0 Å². The number of hydrogen-bond acceptors (Lipinski definition) is 5. The lowest BCUT2D eigenvalue weighted by Crippen LogP contribution is -2.49. The number of ketones is 3. The standard InChI is InChI=1S/C27H24N2O4/c1-16(30)18-10-12-19(13-11-18)26(32)25-23-9-4-3-6-21(23)15-24(29-25)27(33)28-22-8-5-7-20(14-22)17(2)31/h3-14,24-25,29H,15H2,1-2H3,(H,28,33)/t24?,25-/m0/s1. The van der Waals surface area contributed by atoms with Crippen LogP contribution in [0.4, 0.5) is 5.69 Å². The van der Waals surface area contributed by atoms with Gasteiger partial charge in [0.1, 0.15) is 0 Å². The maximum Gasteiger partial charge on any atom is 0.241 e. The van der Waals surface area contributed by atoms with Crippen molar-refractivity contribution in [1.82, 2.24) is 5.32 Å². The molecule has 0 aromatic heterocycles. The van der Waals surface area contributed by atoms with Gasteiger partial charge < -0.3 is 5.32 Å². The number of carbonyl (C=O) groups excluding carboxylic acids is 4. The number of rotatable bonds is 6. The minimum Gasteiger partial charge on any atom is -0.325 e. The molecule has 1 amide bonds. The summed E-state index contributed by atoms with van der Waals surface area (Å²) in [6.45, 7) is 2.95. The molecule has 0 bridgehead atoms. The van der Waals surface area contributed by atoms with E-state index in [-0.39, 0.29) is 23.3 Å². The molecule has 0 fully saturated rings. The highest BCUT2D eigenvalue weighted by Crippen LogP contribution is 2.29. The third-order valence-electron chi connectivity index (χ3n) is 5.85. The number of nitrogens with one attached hydrogen (secondary N) is 2. The molecule has 1 heterocycles. The molecule has 0 saturated heterocycles. The van der Waals surface area contributed by atoms with Gasteiger partial charge in [-0.1, -0.05) is 60.7 Å². The molecule has 0 saturated carbocycles. The Bertz CT molecular complexity index is 1250. The van der Waals surface area contributed by atoms with Gasteiger partial charge in [0.2, 0.25) is 5.91 Å². The molecule has 0 spiro atoms. The summed E-state index contributed by atoms with van der Waals surface area (Å²) < 4.78 is 0. The maximum absolute atomic E-state index is 13.4. The Balaban J connectivity index is 1.59. The first-order valence-electron chi connectivity index (χ1n) is 10.7. The van der Waals surface area contributed by atoms with Crippen molar-refractivity contribution in [2.45, 2.75) is 32.4 Å². The lowest BCUT2D eigenvalue weighted by Gasteiger charge is -2.32. The molecule has 33 heavy (non-hydrogen) atoms.